The number of carbonyl (C=O) groups excluding carboxylic acids is 1. The van der Waals surface area contributed by atoms with Gasteiger partial charge in [-0.1, -0.05) is 26.7 Å². The van der Waals surface area contributed by atoms with E-state index in [1.807, 2.05) is 13.8 Å². The summed E-state index contributed by atoms with van der Waals surface area (Å²) in [5.41, 5.74) is 0. The van der Waals surface area contributed by atoms with Crippen LogP contribution in [-0.2, 0) is 9.53 Å². The van der Waals surface area contributed by atoms with Crippen LogP contribution in [0, 0.1) is 0 Å². The number of ether oxygens (including phenoxy) is 1. The van der Waals surface area contributed by atoms with Crippen molar-refractivity contribution >= 4 is 5.97 Å². The van der Waals surface area contributed by atoms with E-state index in [-0.39, 0.29) is 12.4 Å². The van der Waals surface area contributed by atoms with Gasteiger partial charge in [-0.15, -0.1) is 0 Å². The minimum Gasteiger partial charge on any atom is -0.466 e. The fourth-order valence-electron chi connectivity index (χ4n) is 1.02. The normalized spacial score (nSPS) is 12.5. The van der Waals surface area contributed by atoms with Crippen LogP contribution in [0.3, 0.4) is 0 Å². The van der Waals surface area contributed by atoms with Gasteiger partial charge in [0.2, 0.25) is 0 Å². The fraction of sp³-hybridized carbons (Fsp3) is 0.900. The van der Waals surface area contributed by atoms with Crippen molar-refractivity contribution in [2.75, 3.05) is 6.61 Å². The zero-order chi connectivity index (χ0) is 10.1. The zero-order valence-electron chi connectivity index (χ0n) is 8.58. The molecule has 0 unspecified atom stereocenters. The lowest BCUT2D eigenvalue weighted by molar-refractivity contribution is -0.146. The van der Waals surface area contributed by atoms with E-state index in [2.05, 4.69) is 0 Å². The lowest BCUT2D eigenvalue weighted by Crippen LogP contribution is -2.15. The zero-order valence-corrected chi connectivity index (χ0v) is 8.58. The van der Waals surface area contributed by atoms with Gasteiger partial charge in [-0.2, -0.15) is 0 Å². The van der Waals surface area contributed by atoms with Crippen LogP contribution in [0.25, 0.3) is 0 Å². The molecule has 3 heteroatoms. The molecule has 0 saturated heterocycles. The monoisotopic (exact) mass is 188 g/mol. The third-order valence-corrected chi connectivity index (χ3v) is 1.79. The summed E-state index contributed by atoms with van der Waals surface area (Å²) in [5.74, 6) is -0.283. The van der Waals surface area contributed by atoms with Crippen molar-refractivity contribution in [1.82, 2.24) is 0 Å². The molecule has 0 aliphatic carbocycles. The molecule has 0 amide bonds. The molecule has 0 saturated carbocycles. The van der Waals surface area contributed by atoms with E-state index in [9.17, 15) is 9.90 Å². The van der Waals surface area contributed by atoms with Gasteiger partial charge >= 0.3 is 5.97 Å². The second-order valence-electron chi connectivity index (χ2n) is 3.22. The molecule has 0 spiro atoms. The largest absolute Gasteiger partial charge is 0.466 e. The first-order valence-electron chi connectivity index (χ1n) is 5.04. The van der Waals surface area contributed by atoms with Crippen LogP contribution in [0.15, 0.2) is 0 Å². The van der Waals surface area contributed by atoms with Crippen molar-refractivity contribution in [3.63, 3.8) is 0 Å². The van der Waals surface area contributed by atoms with E-state index in [0.717, 1.165) is 19.3 Å². The SMILES string of the molecule is CCCCOC(=O)C[C@@H](O)CCC. The lowest BCUT2D eigenvalue weighted by atomic mass is 10.1. The van der Waals surface area contributed by atoms with Gasteiger partial charge in [0.25, 0.3) is 0 Å². The highest BCUT2D eigenvalue weighted by atomic mass is 16.5. The van der Waals surface area contributed by atoms with E-state index in [4.69, 9.17) is 4.74 Å². The molecule has 0 bridgehead atoms. The van der Waals surface area contributed by atoms with Gasteiger partial charge < -0.3 is 9.84 Å². The molecule has 0 aromatic heterocycles. The third kappa shape index (κ3) is 7.78. The predicted octanol–water partition coefficient (Wildman–Crippen LogP) is 1.88. The summed E-state index contributed by atoms with van der Waals surface area (Å²) < 4.78 is 4.90. The molecule has 0 heterocycles. The lowest BCUT2D eigenvalue weighted by Gasteiger charge is -2.08. The predicted molar refractivity (Wildman–Crippen MR) is 51.4 cm³/mol. The van der Waals surface area contributed by atoms with E-state index < -0.39 is 6.10 Å². The van der Waals surface area contributed by atoms with Crippen LogP contribution in [-0.4, -0.2) is 23.8 Å². The highest BCUT2D eigenvalue weighted by Gasteiger charge is 2.10. The Hall–Kier alpha value is -0.570. The quantitative estimate of drug-likeness (QED) is 0.490. The van der Waals surface area contributed by atoms with E-state index in [0.29, 0.717) is 13.0 Å². The summed E-state index contributed by atoms with van der Waals surface area (Å²) >= 11 is 0. The Morgan fingerprint density at radius 3 is 2.62 bits per heavy atom. The Bertz CT molecular complexity index is 134. The molecule has 0 aromatic rings. The Kier molecular flexibility index (Phi) is 7.69. The molecule has 13 heavy (non-hydrogen) atoms. The number of esters is 1. The van der Waals surface area contributed by atoms with Crippen LogP contribution in [0.4, 0.5) is 0 Å². The van der Waals surface area contributed by atoms with Gasteiger partial charge in [0, 0.05) is 0 Å². The molecule has 1 N–H and O–H groups in total. The molecular formula is C10H20O3. The van der Waals surface area contributed by atoms with Crippen LogP contribution >= 0.6 is 0 Å². The molecular weight excluding hydrogens is 168 g/mol. The highest BCUT2D eigenvalue weighted by molar-refractivity contribution is 5.69. The summed E-state index contributed by atoms with van der Waals surface area (Å²) in [6, 6.07) is 0. The number of unbranched alkanes of at least 4 members (excludes halogenated alkanes) is 1. The maximum atomic E-state index is 11.0. The molecule has 0 aliphatic heterocycles. The number of hydrogen-bond donors (Lipinski definition) is 1. The first kappa shape index (κ1) is 12.4. The molecule has 1 atom stereocenters. The minimum atomic E-state index is -0.529. The summed E-state index contributed by atoms with van der Waals surface area (Å²) in [5, 5.41) is 9.28. The van der Waals surface area contributed by atoms with Gasteiger partial charge in [0.05, 0.1) is 19.1 Å². The number of aliphatic hydroxyl groups excluding tert-OH is 1. The molecule has 0 fully saturated rings. The highest BCUT2D eigenvalue weighted by Crippen LogP contribution is 2.02. The standard InChI is InChI=1S/C10H20O3/c1-3-5-7-13-10(12)8-9(11)6-4-2/h9,11H,3-8H2,1-2H3/t9-/m0/s1. The Balaban J connectivity index is 3.38. The number of aliphatic hydroxyl groups is 1. The van der Waals surface area contributed by atoms with Crippen LogP contribution < -0.4 is 0 Å². The summed E-state index contributed by atoms with van der Waals surface area (Å²) in [6.07, 6.45) is 3.09. The third-order valence-electron chi connectivity index (χ3n) is 1.79. The maximum absolute atomic E-state index is 11.0. The molecule has 3 nitrogen and oxygen atoms in total. The Morgan fingerprint density at radius 2 is 2.08 bits per heavy atom. The van der Waals surface area contributed by atoms with Crippen molar-refractivity contribution in [2.45, 2.75) is 52.1 Å². The summed E-state index contributed by atoms with van der Waals surface area (Å²) in [6.45, 7) is 4.50. The first-order chi connectivity index (χ1) is 6.20. The van der Waals surface area contributed by atoms with Gasteiger partial charge in [0.15, 0.2) is 0 Å². The van der Waals surface area contributed by atoms with Crippen molar-refractivity contribution in [3.8, 4) is 0 Å². The Labute approximate surface area is 80.1 Å². The van der Waals surface area contributed by atoms with Gasteiger partial charge in [-0.25, -0.2) is 0 Å². The molecule has 0 aliphatic rings. The van der Waals surface area contributed by atoms with Gasteiger partial charge in [0.1, 0.15) is 0 Å². The number of hydrogen-bond acceptors (Lipinski definition) is 3. The molecule has 0 radical (unpaired) electrons. The maximum Gasteiger partial charge on any atom is 0.308 e. The van der Waals surface area contributed by atoms with Crippen LogP contribution in [0.2, 0.25) is 0 Å². The van der Waals surface area contributed by atoms with Crippen molar-refractivity contribution in [2.24, 2.45) is 0 Å². The van der Waals surface area contributed by atoms with Crippen molar-refractivity contribution in [1.29, 1.82) is 0 Å². The fourth-order valence-corrected chi connectivity index (χ4v) is 1.02. The van der Waals surface area contributed by atoms with Crippen LogP contribution in [0.1, 0.15) is 46.0 Å². The summed E-state index contributed by atoms with van der Waals surface area (Å²) in [7, 11) is 0. The molecule has 0 rings (SSSR count). The smallest absolute Gasteiger partial charge is 0.308 e. The van der Waals surface area contributed by atoms with Crippen molar-refractivity contribution in [3.05, 3.63) is 0 Å². The second kappa shape index (κ2) is 8.05. The second-order valence-corrected chi connectivity index (χ2v) is 3.22. The average molecular weight is 188 g/mol. The Morgan fingerprint density at radius 1 is 1.38 bits per heavy atom. The average Bonchev–Trinajstić information content (AvgIpc) is 2.05. The van der Waals surface area contributed by atoms with E-state index in [1.54, 1.807) is 0 Å². The summed E-state index contributed by atoms with van der Waals surface area (Å²) in [4.78, 5) is 11.0. The number of rotatable bonds is 7. The molecule has 0 aromatic carbocycles. The van der Waals surface area contributed by atoms with E-state index in [1.165, 1.54) is 0 Å². The molecule has 78 valence electrons. The number of carbonyl (C=O) groups is 1. The topological polar surface area (TPSA) is 46.5 Å². The minimum absolute atomic E-state index is 0.136. The van der Waals surface area contributed by atoms with Crippen molar-refractivity contribution < 1.29 is 14.6 Å². The first-order valence-corrected chi connectivity index (χ1v) is 5.04. The van der Waals surface area contributed by atoms with Gasteiger partial charge in [-0.05, 0) is 12.8 Å². The van der Waals surface area contributed by atoms with Crippen LogP contribution in [0.5, 0.6) is 0 Å². The van der Waals surface area contributed by atoms with E-state index >= 15 is 0 Å². The van der Waals surface area contributed by atoms with Gasteiger partial charge in [-0.3, -0.25) is 4.79 Å².